The highest BCUT2D eigenvalue weighted by atomic mass is 19.1. The Morgan fingerprint density at radius 3 is 2.50 bits per heavy atom. The van der Waals surface area contributed by atoms with Crippen molar-refractivity contribution < 1.29 is 23.8 Å². The van der Waals surface area contributed by atoms with E-state index in [9.17, 15) is 19.1 Å². The Hall–Kier alpha value is -2.89. The molecule has 114 valence electrons. The highest BCUT2D eigenvalue weighted by Gasteiger charge is 2.19. The fourth-order valence-corrected chi connectivity index (χ4v) is 1.69. The van der Waals surface area contributed by atoms with Gasteiger partial charge in [-0.3, -0.25) is 4.79 Å². The summed E-state index contributed by atoms with van der Waals surface area (Å²) in [6.07, 6.45) is -1.04. The Morgan fingerprint density at radius 1 is 1.18 bits per heavy atom. The van der Waals surface area contributed by atoms with Crippen molar-refractivity contribution in [1.29, 1.82) is 0 Å². The van der Waals surface area contributed by atoms with Crippen LogP contribution in [-0.4, -0.2) is 23.1 Å². The molecule has 2 N–H and O–H groups in total. The number of hydrogen-bond donors (Lipinski definition) is 2. The van der Waals surface area contributed by atoms with Crippen molar-refractivity contribution in [3.05, 3.63) is 59.9 Å². The zero-order valence-corrected chi connectivity index (χ0v) is 11.7. The minimum absolute atomic E-state index is 0.0714. The standard InChI is InChI=1S/C16H14FNO4/c1-10(15(20)18-13-7-5-12(17)6-8-13)22-16(21)11-3-2-4-14(19)9-11/h2-10,19H,1H3,(H,18,20). The first-order chi connectivity index (χ1) is 10.5. The lowest BCUT2D eigenvalue weighted by atomic mass is 10.2. The van der Waals surface area contributed by atoms with Crippen molar-refractivity contribution >= 4 is 17.6 Å². The number of carbonyl (C=O) groups is 2. The van der Waals surface area contributed by atoms with E-state index in [0.29, 0.717) is 5.69 Å². The maximum atomic E-state index is 12.8. The molecule has 0 heterocycles. The number of nitrogens with one attached hydrogen (secondary N) is 1. The summed E-state index contributed by atoms with van der Waals surface area (Å²) in [5.74, 6) is -1.75. The molecule has 1 amide bonds. The summed E-state index contributed by atoms with van der Waals surface area (Å²) in [7, 11) is 0. The van der Waals surface area contributed by atoms with Gasteiger partial charge < -0.3 is 15.2 Å². The van der Waals surface area contributed by atoms with Crippen molar-refractivity contribution in [3.8, 4) is 5.75 Å². The van der Waals surface area contributed by atoms with Crippen LogP contribution in [-0.2, 0) is 9.53 Å². The zero-order chi connectivity index (χ0) is 16.1. The lowest BCUT2D eigenvalue weighted by Gasteiger charge is -2.13. The SMILES string of the molecule is CC(OC(=O)c1cccc(O)c1)C(=O)Nc1ccc(F)cc1. The molecule has 0 saturated carbocycles. The normalized spacial score (nSPS) is 11.5. The fraction of sp³-hybridized carbons (Fsp3) is 0.125. The first-order valence-corrected chi connectivity index (χ1v) is 6.52. The fourth-order valence-electron chi connectivity index (χ4n) is 1.69. The number of halogens is 1. The average molecular weight is 303 g/mol. The number of carbonyl (C=O) groups excluding carboxylic acids is 2. The lowest BCUT2D eigenvalue weighted by molar-refractivity contribution is -0.123. The minimum Gasteiger partial charge on any atom is -0.508 e. The Bertz CT molecular complexity index is 685. The van der Waals surface area contributed by atoms with Crippen molar-refractivity contribution in [2.24, 2.45) is 0 Å². The van der Waals surface area contributed by atoms with E-state index in [2.05, 4.69) is 5.32 Å². The number of rotatable bonds is 4. The number of hydrogen-bond acceptors (Lipinski definition) is 4. The number of esters is 1. The molecule has 2 aromatic rings. The third-order valence-electron chi connectivity index (χ3n) is 2.85. The summed E-state index contributed by atoms with van der Waals surface area (Å²) in [6, 6.07) is 10.8. The summed E-state index contributed by atoms with van der Waals surface area (Å²) in [5, 5.41) is 11.8. The van der Waals surface area contributed by atoms with Gasteiger partial charge in [0.2, 0.25) is 0 Å². The monoisotopic (exact) mass is 303 g/mol. The molecule has 0 aliphatic heterocycles. The van der Waals surface area contributed by atoms with E-state index in [1.165, 1.54) is 55.5 Å². The molecule has 0 bridgehead atoms. The summed E-state index contributed by atoms with van der Waals surface area (Å²) in [5.41, 5.74) is 0.535. The molecule has 0 saturated heterocycles. The third-order valence-corrected chi connectivity index (χ3v) is 2.85. The molecule has 0 aromatic heterocycles. The van der Waals surface area contributed by atoms with E-state index in [1.807, 2.05) is 0 Å². The molecule has 2 aromatic carbocycles. The van der Waals surface area contributed by atoms with Gasteiger partial charge in [0.15, 0.2) is 6.10 Å². The third kappa shape index (κ3) is 4.05. The van der Waals surface area contributed by atoms with Crippen LogP contribution in [0.5, 0.6) is 5.75 Å². The second-order valence-electron chi connectivity index (χ2n) is 4.59. The van der Waals surface area contributed by atoms with Gasteiger partial charge >= 0.3 is 5.97 Å². The van der Waals surface area contributed by atoms with Crippen molar-refractivity contribution in [2.45, 2.75) is 13.0 Å². The first kappa shape index (κ1) is 15.5. The van der Waals surface area contributed by atoms with Crippen LogP contribution in [0.15, 0.2) is 48.5 Å². The molecule has 0 aliphatic rings. The van der Waals surface area contributed by atoms with Crippen molar-refractivity contribution in [2.75, 3.05) is 5.32 Å². The van der Waals surface area contributed by atoms with E-state index in [1.54, 1.807) is 0 Å². The number of amides is 1. The minimum atomic E-state index is -1.04. The predicted molar refractivity (Wildman–Crippen MR) is 78.0 cm³/mol. The van der Waals surface area contributed by atoms with E-state index in [-0.39, 0.29) is 11.3 Å². The number of benzene rings is 2. The molecule has 0 spiro atoms. The zero-order valence-electron chi connectivity index (χ0n) is 11.7. The number of phenols is 1. The summed E-state index contributed by atoms with van der Waals surface area (Å²) < 4.78 is 17.8. The summed E-state index contributed by atoms with van der Waals surface area (Å²) in [4.78, 5) is 23.7. The number of ether oxygens (including phenoxy) is 1. The van der Waals surface area contributed by atoms with Crippen LogP contribution in [0.3, 0.4) is 0 Å². The molecule has 22 heavy (non-hydrogen) atoms. The van der Waals surface area contributed by atoms with Gasteiger partial charge in [-0.25, -0.2) is 9.18 Å². The Kier molecular flexibility index (Phi) is 4.73. The van der Waals surface area contributed by atoms with E-state index in [4.69, 9.17) is 4.74 Å². The number of aromatic hydroxyl groups is 1. The molecule has 1 atom stereocenters. The Labute approximate surface area is 126 Å². The van der Waals surface area contributed by atoms with Crippen LogP contribution in [0, 0.1) is 5.82 Å². The molecular formula is C16H14FNO4. The van der Waals surface area contributed by atoms with Gasteiger partial charge in [-0.1, -0.05) is 6.07 Å². The number of phenolic OH excluding ortho intramolecular Hbond substituents is 1. The van der Waals surface area contributed by atoms with E-state index < -0.39 is 23.8 Å². The maximum absolute atomic E-state index is 12.8. The largest absolute Gasteiger partial charge is 0.508 e. The topological polar surface area (TPSA) is 75.6 Å². The van der Waals surface area contributed by atoms with Gasteiger partial charge in [0.05, 0.1) is 5.56 Å². The average Bonchev–Trinajstić information content (AvgIpc) is 2.49. The molecule has 2 rings (SSSR count). The second kappa shape index (κ2) is 6.71. The van der Waals surface area contributed by atoms with Gasteiger partial charge in [0, 0.05) is 5.69 Å². The quantitative estimate of drug-likeness (QED) is 0.852. The van der Waals surface area contributed by atoms with Gasteiger partial charge in [0.1, 0.15) is 11.6 Å². The Morgan fingerprint density at radius 2 is 1.86 bits per heavy atom. The lowest BCUT2D eigenvalue weighted by Crippen LogP contribution is -2.30. The highest BCUT2D eigenvalue weighted by molar-refractivity contribution is 5.97. The van der Waals surface area contributed by atoms with Crippen LogP contribution in [0.25, 0.3) is 0 Å². The number of anilines is 1. The molecule has 0 aliphatic carbocycles. The summed E-state index contributed by atoms with van der Waals surface area (Å²) >= 11 is 0. The van der Waals surface area contributed by atoms with Gasteiger partial charge in [-0.05, 0) is 49.4 Å². The van der Waals surface area contributed by atoms with Gasteiger partial charge in [-0.2, -0.15) is 0 Å². The van der Waals surface area contributed by atoms with Crippen molar-refractivity contribution in [3.63, 3.8) is 0 Å². The predicted octanol–water partition coefficient (Wildman–Crippen LogP) is 2.72. The van der Waals surface area contributed by atoms with Crippen LogP contribution in [0.4, 0.5) is 10.1 Å². The van der Waals surface area contributed by atoms with Crippen molar-refractivity contribution in [1.82, 2.24) is 0 Å². The molecule has 0 radical (unpaired) electrons. The smallest absolute Gasteiger partial charge is 0.339 e. The molecular weight excluding hydrogens is 289 g/mol. The molecule has 1 unspecified atom stereocenters. The molecule has 6 heteroatoms. The Balaban J connectivity index is 1.96. The second-order valence-corrected chi connectivity index (χ2v) is 4.59. The van der Waals surface area contributed by atoms with E-state index >= 15 is 0 Å². The maximum Gasteiger partial charge on any atom is 0.339 e. The molecule has 0 fully saturated rings. The molecule has 5 nitrogen and oxygen atoms in total. The highest BCUT2D eigenvalue weighted by Crippen LogP contribution is 2.13. The summed E-state index contributed by atoms with van der Waals surface area (Å²) in [6.45, 7) is 1.42. The first-order valence-electron chi connectivity index (χ1n) is 6.52. The van der Waals surface area contributed by atoms with Crippen LogP contribution < -0.4 is 5.32 Å². The van der Waals surface area contributed by atoms with Gasteiger partial charge in [-0.15, -0.1) is 0 Å². The van der Waals surface area contributed by atoms with Crippen LogP contribution in [0.1, 0.15) is 17.3 Å². The van der Waals surface area contributed by atoms with Gasteiger partial charge in [0.25, 0.3) is 5.91 Å². The van der Waals surface area contributed by atoms with Crippen LogP contribution >= 0.6 is 0 Å². The van der Waals surface area contributed by atoms with Crippen LogP contribution in [0.2, 0.25) is 0 Å². The van der Waals surface area contributed by atoms with E-state index in [0.717, 1.165) is 0 Å².